The fourth-order valence-electron chi connectivity index (χ4n) is 2.10. The maximum Gasteiger partial charge on any atom is 0.0410 e. The van der Waals surface area contributed by atoms with Gasteiger partial charge in [0.1, 0.15) is 0 Å². The molecule has 0 N–H and O–H groups in total. The average Bonchev–Trinajstić information content (AvgIpc) is 3.01. The summed E-state index contributed by atoms with van der Waals surface area (Å²) in [6.07, 6.45) is 7.72. The van der Waals surface area contributed by atoms with E-state index >= 15 is 0 Å². The van der Waals surface area contributed by atoms with Crippen LogP contribution in [0.1, 0.15) is 25.3 Å². The van der Waals surface area contributed by atoms with E-state index in [0.29, 0.717) is 5.41 Å². The van der Waals surface area contributed by atoms with E-state index < -0.39 is 0 Å². The van der Waals surface area contributed by atoms with Crippen LogP contribution in [0.2, 0.25) is 0 Å². The molecule has 0 spiro atoms. The number of pyridine rings is 1. The Morgan fingerprint density at radius 3 is 2.73 bits per heavy atom. The second kappa shape index (κ2) is 4.54. The van der Waals surface area contributed by atoms with Crippen molar-refractivity contribution in [2.75, 3.05) is 5.33 Å². The molecular weight excluding hydrogens is 318 g/mol. The molecule has 1 heterocycles. The van der Waals surface area contributed by atoms with Gasteiger partial charge in [0.2, 0.25) is 0 Å². The molecule has 1 aromatic heterocycles. The van der Waals surface area contributed by atoms with Crippen LogP contribution in [0.4, 0.5) is 0 Å². The first-order valence-electron chi connectivity index (χ1n) is 5.29. The van der Waals surface area contributed by atoms with Gasteiger partial charge in [-0.25, -0.2) is 0 Å². The Balaban J connectivity index is 2.12. The molecule has 1 atom stereocenters. The highest BCUT2D eigenvalue weighted by molar-refractivity contribution is 9.10. The molecule has 0 aliphatic heterocycles. The SMILES string of the molecule is CC(CBr)(Cc1cncc(Br)c1)C1CC1. The molecule has 1 nitrogen and oxygen atoms in total. The van der Waals surface area contributed by atoms with Gasteiger partial charge in [-0.2, -0.15) is 0 Å². The lowest BCUT2D eigenvalue weighted by molar-refractivity contribution is 0.318. The Hall–Kier alpha value is 0.110. The van der Waals surface area contributed by atoms with E-state index in [-0.39, 0.29) is 0 Å². The largest absolute Gasteiger partial charge is 0.263 e. The fourth-order valence-corrected chi connectivity index (χ4v) is 3.17. The zero-order valence-electron chi connectivity index (χ0n) is 8.84. The van der Waals surface area contributed by atoms with Gasteiger partial charge in [-0.3, -0.25) is 4.98 Å². The predicted octanol–water partition coefficient (Wildman–Crippen LogP) is 4.20. The Labute approximate surface area is 108 Å². The van der Waals surface area contributed by atoms with Crippen molar-refractivity contribution in [2.45, 2.75) is 26.2 Å². The van der Waals surface area contributed by atoms with Crippen molar-refractivity contribution in [3.05, 3.63) is 28.5 Å². The van der Waals surface area contributed by atoms with Crippen LogP contribution in [-0.4, -0.2) is 10.3 Å². The summed E-state index contributed by atoms with van der Waals surface area (Å²) in [6.45, 7) is 2.38. The molecule has 1 aliphatic carbocycles. The molecule has 1 unspecified atom stereocenters. The Morgan fingerprint density at radius 2 is 2.20 bits per heavy atom. The average molecular weight is 333 g/mol. The van der Waals surface area contributed by atoms with Crippen LogP contribution in [0.15, 0.2) is 22.9 Å². The summed E-state index contributed by atoms with van der Waals surface area (Å²) in [7, 11) is 0. The van der Waals surface area contributed by atoms with E-state index in [2.05, 4.69) is 49.8 Å². The van der Waals surface area contributed by atoms with Gasteiger partial charge in [-0.05, 0) is 58.2 Å². The number of hydrogen-bond acceptors (Lipinski definition) is 1. The summed E-state index contributed by atoms with van der Waals surface area (Å²) in [6, 6.07) is 2.18. The zero-order valence-corrected chi connectivity index (χ0v) is 12.0. The Bertz CT molecular complexity index is 349. The maximum absolute atomic E-state index is 4.22. The lowest BCUT2D eigenvalue weighted by atomic mass is 9.81. The van der Waals surface area contributed by atoms with E-state index in [1.165, 1.54) is 18.4 Å². The van der Waals surface area contributed by atoms with Gasteiger partial charge < -0.3 is 0 Å². The molecular formula is C12H15Br2N. The maximum atomic E-state index is 4.22. The number of hydrogen-bond donors (Lipinski definition) is 0. The Kier molecular flexibility index (Phi) is 3.51. The molecule has 3 heteroatoms. The summed E-state index contributed by atoms with van der Waals surface area (Å²) in [5.74, 6) is 0.899. The lowest BCUT2D eigenvalue weighted by Crippen LogP contribution is -2.24. The molecule has 2 rings (SSSR count). The van der Waals surface area contributed by atoms with E-state index in [9.17, 15) is 0 Å². The van der Waals surface area contributed by atoms with Crippen molar-refractivity contribution in [3.8, 4) is 0 Å². The van der Waals surface area contributed by atoms with Crippen molar-refractivity contribution in [2.24, 2.45) is 11.3 Å². The highest BCUT2D eigenvalue weighted by atomic mass is 79.9. The fraction of sp³-hybridized carbons (Fsp3) is 0.583. The molecule has 0 radical (unpaired) electrons. The van der Waals surface area contributed by atoms with Crippen LogP contribution in [0.5, 0.6) is 0 Å². The summed E-state index contributed by atoms with van der Waals surface area (Å²) in [5, 5.41) is 1.08. The number of alkyl halides is 1. The van der Waals surface area contributed by atoms with Gasteiger partial charge in [0.15, 0.2) is 0 Å². The monoisotopic (exact) mass is 331 g/mol. The van der Waals surface area contributed by atoms with Crippen LogP contribution in [0, 0.1) is 11.3 Å². The minimum atomic E-state index is 0.405. The molecule has 1 aromatic rings. The predicted molar refractivity (Wildman–Crippen MR) is 70.3 cm³/mol. The second-order valence-corrected chi connectivity index (χ2v) is 6.23. The minimum Gasteiger partial charge on any atom is -0.263 e. The first-order chi connectivity index (χ1) is 7.14. The van der Waals surface area contributed by atoms with E-state index in [1.807, 2.05) is 12.4 Å². The van der Waals surface area contributed by atoms with Crippen molar-refractivity contribution >= 4 is 31.9 Å². The molecule has 1 aliphatic rings. The van der Waals surface area contributed by atoms with Gasteiger partial charge in [0.05, 0.1) is 0 Å². The van der Waals surface area contributed by atoms with Crippen LogP contribution in [0.25, 0.3) is 0 Å². The smallest absolute Gasteiger partial charge is 0.0410 e. The van der Waals surface area contributed by atoms with Crippen LogP contribution < -0.4 is 0 Å². The third kappa shape index (κ3) is 2.82. The first-order valence-corrected chi connectivity index (χ1v) is 7.21. The van der Waals surface area contributed by atoms with Crippen LogP contribution in [-0.2, 0) is 6.42 Å². The molecule has 0 bridgehead atoms. The zero-order chi connectivity index (χ0) is 10.9. The van der Waals surface area contributed by atoms with Gasteiger partial charge in [-0.15, -0.1) is 0 Å². The number of nitrogens with zero attached hydrogens (tertiary/aromatic N) is 1. The van der Waals surface area contributed by atoms with Crippen LogP contribution >= 0.6 is 31.9 Å². The van der Waals surface area contributed by atoms with Crippen LogP contribution in [0.3, 0.4) is 0 Å². The first kappa shape index (κ1) is 11.6. The highest BCUT2D eigenvalue weighted by Gasteiger charge is 2.40. The highest BCUT2D eigenvalue weighted by Crippen LogP contribution is 2.48. The molecule has 0 saturated heterocycles. The topological polar surface area (TPSA) is 12.9 Å². The van der Waals surface area contributed by atoms with Crippen molar-refractivity contribution in [3.63, 3.8) is 0 Å². The standard InChI is InChI=1S/C12H15Br2N/c1-12(8-13,10-2-3-10)5-9-4-11(14)7-15-6-9/h4,6-7,10H,2-3,5,8H2,1H3. The van der Waals surface area contributed by atoms with E-state index in [0.717, 1.165) is 22.1 Å². The van der Waals surface area contributed by atoms with Crippen molar-refractivity contribution in [1.29, 1.82) is 0 Å². The van der Waals surface area contributed by atoms with Gasteiger partial charge in [-0.1, -0.05) is 22.9 Å². The quantitative estimate of drug-likeness (QED) is 0.753. The third-order valence-corrected chi connectivity index (χ3v) is 4.95. The normalized spacial score (nSPS) is 19.9. The number of halogens is 2. The lowest BCUT2D eigenvalue weighted by Gasteiger charge is -2.27. The molecule has 1 fully saturated rings. The Morgan fingerprint density at radius 1 is 1.47 bits per heavy atom. The van der Waals surface area contributed by atoms with E-state index in [4.69, 9.17) is 0 Å². The molecule has 1 saturated carbocycles. The second-order valence-electron chi connectivity index (χ2n) is 4.75. The summed E-state index contributed by atoms with van der Waals surface area (Å²) in [4.78, 5) is 4.22. The van der Waals surface area contributed by atoms with Crippen molar-refractivity contribution < 1.29 is 0 Å². The third-order valence-electron chi connectivity index (χ3n) is 3.24. The summed E-state index contributed by atoms with van der Waals surface area (Å²) >= 11 is 7.13. The van der Waals surface area contributed by atoms with Gasteiger partial charge in [0.25, 0.3) is 0 Å². The van der Waals surface area contributed by atoms with Gasteiger partial charge >= 0.3 is 0 Å². The number of aromatic nitrogens is 1. The van der Waals surface area contributed by atoms with E-state index in [1.54, 1.807) is 0 Å². The molecule has 82 valence electrons. The molecule has 15 heavy (non-hydrogen) atoms. The number of rotatable bonds is 4. The summed E-state index contributed by atoms with van der Waals surface area (Å²) in [5.41, 5.74) is 1.74. The van der Waals surface area contributed by atoms with Crippen molar-refractivity contribution in [1.82, 2.24) is 4.98 Å². The molecule has 0 aromatic carbocycles. The summed E-state index contributed by atoms with van der Waals surface area (Å²) < 4.78 is 1.08. The molecule has 0 amide bonds. The van der Waals surface area contributed by atoms with Gasteiger partial charge in [0, 0.05) is 22.2 Å². The minimum absolute atomic E-state index is 0.405.